The molecule has 1 aliphatic heterocycles. The molecule has 20 heavy (non-hydrogen) atoms. The van der Waals surface area contributed by atoms with E-state index in [-0.39, 0.29) is 18.8 Å². The molecule has 1 saturated carbocycles. The number of halogens is 3. The van der Waals surface area contributed by atoms with Crippen molar-refractivity contribution in [2.45, 2.75) is 25.2 Å². The molecule has 1 spiro atoms. The molecule has 2 aromatic heterocycles. The number of fused-ring (bicyclic) bond motifs is 1. The van der Waals surface area contributed by atoms with Crippen LogP contribution in [0.25, 0.3) is 11.0 Å². The molecular formula is C14H15ClF2N2O. The first-order valence-corrected chi connectivity index (χ1v) is 6.56. The average molecular weight is 301 g/mol. The third-order valence-corrected chi connectivity index (χ3v) is 4.59. The summed E-state index contributed by atoms with van der Waals surface area (Å²) in [4.78, 5) is 6.48. The molecule has 3 heterocycles. The number of pyridine rings is 1. The van der Waals surface area contributed by atoms with E-state index in [0.717, 1.165) is 16.8 Å². The van der Waals surface area contributed by atoms with Crippen LogP contribution in [0.15, 0.2) is 29.0 Å². The van der Waals surface area contributed by atoms with Crippen molar-refractivity contribution in [2.24, 2.45) is 5.41 Å². The van der Waals surface area contributed by atoms with Crippen LogP contribution in [-0.4, -0.2) is 24.0 Å². The summed E-state index contributed by atoms with van der Waals surface area (Å²) >= 11 is 0. The highest BCUT2D eigenvalue weighted by molar-refractivity contribution is 5.88. The van der Waals surface area contributed by atoms with E-state index in [4.69, 9.17) is 4.42 Å². The van der Waals surface area contributed by atoms with Gasteiger partial charge in [-0.3, -0.25) is 0 Å². The quantitative estimate of drug-likeness (QED) is 0.800. The molecule has 0 atom stereocenters. The van der Waals surface area contributed by atoms with E-state index in [1.807, 2.05) is 12.1 Å². The molecular weight excluding hydrogens is 286 g/mol. The van der Waals surface area contributed by atoms with Crippen molar-refractivity contribution in [1.29, 1.82) is 0 Å². The lowest BCUT2D eigenvalue weighted by atomic mass is 9.93. The summed E-state index contributed by atoms with van der Waals surface area (Å²) in [6.07, 6.45) is 4.51. The average Bonchev–Trinajstić information content (AvgIpc) is 2.79. The van der Waals surface area contributed by atoms with Gasteiger partial charge in [-0.15, -0.1) is 12.4 Å². The summed E-state index contributed by atoms with van der Waals surface area (Å²) in [7, 11) is 0. The molecule has 1 aliphatic carbocycles. The third-order valence-electron chi connectivity index (χ3n) is 4.59. The van der Waals surface area contributed by atoms with Crippen LogP contribution in [0.5, 0.6) is 0 Å². The second kappa shape index (κ2) is 4.32. The van der Waals surface area contributed by atoms with E-state index >= 15 is 0 Å². The number of rotatable bonds is 1. The fraction of sp³-hybridized carbons (Fsp3) is 0.500. The Kier molecular flexibility index (Phi) is 2.94. The minimum absolute atomic E-state index is 0. The minimum atomic E-state index is -2.44. The van der Waals surface area contributed by atoms with Crippen LogP contribution in [0.1, 0.15) is 19.3 Å². The highest BCUT2D eigenvalue weighted by Gasteiger charge is 2.70. The highest BCUT2D eigenvalue weighted by atomic mass is 35.5. The lowest BCUT2D eigenvalue weighted by Gasteiger charge is -2.33. The van der Waals surface area contributed by atoms with E-state index < -0.39 is 11.3 Å². The smallest absolute Gasteiger partial charge is 0.254 e. The van der Waals surface area contributed by atoms with E-state index in [1.165, 1.54) is 0 Å². The predicted octanol–water partition coefficient (Wildman–Crippen LogP) is 3.88. The Bertz CT molecular complexity index is 635. The van der Waals surface area contributed by atoms with Crippen molar-refractivity contribution in [1.82, 2.24) is 4.98 Å². The van der Waals surface area contributed by atoms with Gasteiger partial charge in [-0.05, 0) is 25.0 Å². The van der Waals surface area contributed by atoms with Crippen molar-refractivity contribution >= 4 is 29.2 Å². The maximum Gasteiger partial charge on any atom is 0.254 e. The van der Waals surface area contributed by atoms with Gasteiger partial charge in [0.15, 0.2) is 0 Å². The normalized spacial score (nSPS) is 22.8. The van der Waals surface area contributed by atoms with Gasteiger partial charge in [0.2, 0.25) is 0 Å². The Balaban J connectivity index is 0.00000121. The van der Waals surface area contributed by atoms with Crippen LogP contribution >= 0.6 is 12.4 Å². The van der Waals surface area contributed by atoms with Gasteiger partial charge in [0, 0.05) is 31.1 Å². The first kappa shape index (κ1) is 13.6. The number of furan rings is 1. The van der Waals surface area contributed by atoms with Gasteiger partial charge in [0.25, 0.3) is 5.92 Å². The largest absolute Gasteiger partial charge is 0.464 e. The molecule has 0 bridgehead atoms. The van der Waals surface area contributed by atoms with Gasteiger partial charge in [0.05, 0.1) is 11.6 Å². The summed E-state index contributed by atoms with van der Waals surface area (Å²) in [5, 5.41) is 0.959. The van der Waals surface area contributed by atoms with Crippen LogP contribution in [0.4, 0.5) is 14.6 Å². The van der Waals surface area contributed by atoms with Crippen molar-refractivity contribution in [3.05, 3.63) is 24.6 Å². The second-order valence-electron chi connectivity index (χ2n) is 5.62. The molecule has 1 saturated heterocycles. The minimum Gasteiger partial charge on any atom is -0.464 e. The van der Waals surface area contributed by atoms with E-state index in [1.54, 1.807) is 12.5 Å². The topological polar surface area (TPSA) is 29.3 Å². The molecule has 6 heteroatoms. The third kappa shape index (κ3) is 1.79. The van der Waals surface area contributed by atoms with Gasteiger partial charge in [0.1, 0.15) is 11.4 Å². The number of aromatic nitrogens is 1. The van der Waals surface area contributed by atoms with Gasteiger partial charge >= 0.3 is 0 Å². The number of hydrogen-bond donors (Lipinski definition) is 0. The first-order valence-electron chi connectivity index (χ1n) is 6.56. The number of nitrogens with zero attached hydrogens (tertiary/aromatic N) is 2. The van der Waals surface area contributed by atoms with Crippen LogP contribution in [0, 0.1) is 5.41 Å². The fourth-order valence-corrected chi connectivity index (χ4v) is 3.20. The molecule has 2 aliphatic rings. The van der Waals surface area contributed by atoms with Crippen LogP contribution in [0.3, 0.4) is 0 Å². The summed E-state index contributed by atoms with van der Waals surface area (Å²) in [5.74, 6) is -1.58. The SMILES string of the molecule is Cl.FC1(F)CC12CCN(c1nccc3occc13)CC2. The maximum atomic E-state index is 13.4. The number of piperidine rings is 1. The van der Waals surface area contributed by atoms with Crippen LogP contribution < -0.4 is 4.90 Å². The zero-order valence-electron chi connectivity index (χ0n) is 10.8. The predicted molar refractivity (Wildman–Crippen MR) is 74.7 cm³/mol. The van der Waals surface area contributed by atoms with Crippen molar-refractivity contribution in [3.63, 3.8) is 0 Å². The van der Waals surface area contributed by atoms with Crippen molar-refractivity contribution < 1.29 is 13.2 Å². The lowest BCUT2D eigenvalue weighted by molar-refractivity contribution is 0.0537. The molecule has 3 nitrogen and oxygen atoms in total. The molecule has 0 aromatic carbocycles. The Morgan fingerprint density at radius 1 is 1.20 bits per heavy atom. The first-order chi connectivity index (χ1) is 9.11. The van der Waals surface area contributed by atoms with Gasteiger partial charge in [-0.25, -0.2) is 13.8 Å². The van der Waals surface area contributed by atoms with E-state index in [9.17, 15) is 8.78 Å². The Morgan fingerprint density at radius 2 is 1.90 bits per heavy atom. The molecule has 2 aromatic rings. The Morgan fingerprint density at radius 3 is 2.55 bits per heavy atom. The van der Waals surface area contributed by atoms with Crippen LogP contribution in [0.2, 0.25) is 0 Å². The zero-order chi connectivity index (χ0) is 13.1. The Labute approximate surface area is 121 Å². The summed E-state index contributed by atoms with van der Waals surface area (Å²) in [5.41, 5.74) is 0.0791. The summed E-state index contributed by atoms with van der Waals surface area (Å²) < 4.78 is 32.1. The van der Waals surface area contributed by atoms with Crippen molar-refractivity contribution in [3.8, 4) is 0 Å². The second-order valence-corrected chi connectivity index (χ2v) is 5.62. The molecule has 0 N–H and O–H groups in total. The monoisotopic (exact) mass is 300 g/mol. The molecule has 2 fully saturated rings. The lowest BCUT2D eigenvalue weighted by Crippen LogP contribution is -2.37. The maximum absolute atomic E-state index is 13.4. The van der Waals surface area contributed by atoms with E-state index in [2.05, 4.69) is 9.88 Å². The molecule has 0 amide bonds. The Hall–Kier alpha value is -1.36. The van der Waals surface area contributed by atoms with E-state index in [0.29, 0.717) is 25.9 Å². The molecule has 4 rings (SSSR count). The van der Waals surface area contributed by atoms with Crippen molar-refractivity contribution in [2.75, 3.05) is 18.0 Å². The molecule has 0 unspecified atom stereocenters. The standard InChI is InChI=1S/C14H14F2N2O.ClH/c15-14(16)9-13(14)3-6-18(7-4-13)12-10-2-8-19-11(10)1-5-17-12;/h1-2,5,8H,3-4,6-7,9H2;1H. The zero-order valence-corrected chi connectivity index (χ0v) is 11.6. The molecule has 108 valence electrons. The van der Waals surface area contributed by atoms with Gasteiger partial charge < -0.3 is 9.32 Å². The summed E-state index contributed by atoms with van der Waals surface area (Å²) in [6.45, 7) is 1.29. The fourth-order valence-electron chi connectivity index (χ4n) is 3.20. The number of anilines is 1. The van der Waals surface area contributed by atoms with Gasteiger partial charge in [-0.1, -0.05) is 0 Å². The summed E-state index contributed by atoms with van der Waals surface area (Å²) in [6, 6.07) is 3.70. The van der Waals surface area contributed by atoms with Gasteiger partial charge in [-0.2, -0.15) is 0 Å². The number of hydrogen-bond acceptors (Lipinski definition) is 3. The van der Waals surface area contributed by atoms with Crippen LogP contribution in [-0.2, 0) is 0 Å². The molecule has 0 radical (unpaired) electrons. The highest BCUT2D eigenvalue weighted by Crippen LogP contribution is 2.65. The number of alkyl halides is 2.